The number of halogens is 1. The average molecular weight is 290 g/mol. The molecule has 1 fully saturated rings. The van der Waals surface area contributed by atoms with Crippen molar-refractivity contribution in [3.8, 4) is 0 Å². The number of rotatable bonds is 3. The highest BCUT2D eigenvalue weighted by Crippen LogP contribution is 2.39. The summed E-state index contributed by atoms with van der Waals surface area (Å²) in [6, 6.07) is 7.86. The summed E-state index contributed by atoms with van der Waals surface area (Å²) in [6.07, 6.45) is 5.37. The lowest BCUT2D eigenvalue weighted by Gasteiger charge is -2.35. The summed E-state index contributed by atoms with van der Waals surface area (Å²) in [4.78, 5) is 4.49. The van der Waals surface area contributed by atoms with Gasteiger partial charge in [0.1, 0.15) is 0 Å². The predicted molar refractivity (Wildman–Crippen MR) is 85.2 cm³/mol. The smallest absolute Gasteiger partial charge is 0.0948 e. The van der Waals surface area contributed by atoms with Crippen molar-refractivity contribution in [2.45, 2.75) is 31.7 Å². The summed E-state index contributed by atoms with van der Waals surface area (Å²) in [6.45, 7) is 2.92. The Morgan fingerprint density at radius 3 is 3.00 bits per heavy atom. The molecular weight excluding hydrogens is 270 g/mol. The van der Waals surface area contributed by atoms with Crippen molar-refractivity contribution >= 4 is 28.2 Å². The molecule has 0 bridgehead atoms. The quantitative estimate of drug-likeness (QED) is 0.903. The van der Waals surface area contributed by atoms with Crippen molar-refractivity contribution in [1.82, 2.24) is 4.98 Å². The van der Waals surface area contributed by atoms with Crippen LogP contribution >= 0.6 is 11.6 Å². The first-order valence-corrected chi connectivity index (χ1v) is 7.55. The van der Waals surface area contributed by atoms with Gasteiger partial charge in [-0.05, 0) is 43.0 Å². The molecule has 3 rings (SSSR count). The summed E-state index contributed by atoms with van der Waals surface area (Å²) in [5.74, 6) is 0.571. The number of pyridine rings is 1. The van der Waals surface area contributed by atoms with E-state index in [4.69, 9.17) is 17.3 Å². The average Bonchev–Trinajstić information content (AvgIpc) is 2.84. The monoisotopic (exact) mass is 289 g/mol. The van der Waals surface area contributed by atoms with E-state index >= 15 is 0 Å². The van der Waals surface area contributed by atoms with Crippen LogP contribution in [0.5, 0.6) is 0 Å². The first kappa shape index (κ1) is 13.7. The largest absolute Gasteiger partial charge is 0.376 e. The van der Waals surface area contributed by atoms with Crippen molar-refractivity contribution in [3.05, 3.63) is 35.5 Å². The maximum absolute atomic E-state index is 6.25. The molecule has 0 aliphatic heterocycles. The fourth-order valence-electron chi connectivity index (χ4n) is 3.29. The van der Waals surface area contributed by atoms with Crippen LogP contribution in [-0.4, -0.2) is 17.1 Å². The van der Waals surface area contributed by atoms with Crippen LogP contribution in [0.4, 0.5) is 5.69 Å². The molecule has 3 nitrogen and oxygen atoms in total. The van der Waals surface area contributed by atoms with Crippen LogP contribution in [0.3, 0.4) is 0 Å². The van der Waals surface area contributed by atoms with E-state index in [9.17, 15) is 0 Å². The summed E-state index contributed by atoms with van der Waals surface area (Å²) in [7, 11) is 0. The van der Waals surface area contributed by atoms with E-state index in [1.807, 2.05) is 24.3 Å². The second-order valence-electron chi connectivity index (χ2n) is 5.77. The van der Waals surface area contributed by atoms with E-state index < -0.39 is 0 Å². The van der Waals surface area contributed by atoms with Crippen LogP contribution in [0.1, 0.15) is 26.2 Å². The van der Waals surface area contributed by atoms with Gasteiger partial charge in [-0.2, -0.15) is 0 Å². The number of anilines is 1. The third-order valence-electron chi connectivity index (χ3n) is 4.67. The third kappa shape index (κ3) is 2.15. The zero-order valence-corrected chi connectivity index (χ0v) is 12.5. The van der Waals surface area contributed by atoms with E-state index in [2.05, 4.69) is 17.2 Å². The van der Waals surface area contributed by atoms with Gasteiger partial charge in [-0.1, -0.05) is 24.9 Å². The van der Waals surface area contributed by atoms with Gasteiger partial charge >= 0.3 is 0 Å². The highest BCUT2D eigenvalue weighted by atomic mass is 35.5. The SMILES string of the molecule is CC1CCCC1(CN)Nc1ccc(Cl)c2cccnc12. The molecule has 1 aromatic heterocycles. The Labute approximate surface area is 124 Å². The number of hydrogen-bond acceptors (Lipinski definition) is 3. The Kier molecular flexibility index (Phi) is 3.57. The number of nitrogens with two attached hydrogens (primary N) is 1. The van der Waals surface area contributed by atoms with Gasteiger partial charge in [0.05, 0.1) is 21.8 Å². The topological polar surface area (TPSA) is 50.9 Å². The molecule has 2 aromatic rings. The van der Waals surface area contributed by atoms with Gasteiger partial charge in [0.15, 0.2) is 0 Å². The van der Waals surface area contributed by atoms with Gasteiger partial charge in [0, 0.05) is 18.1 Å². The third-order valence-corrected chi connectivity index (χ3v) is 5.00. The minimum absolute atomic E-state index is 0.0156. The van der Waals surface area contributed by atoms with Crippen molar-refractivity contribution in [2.24, 2.45) is 11.7 Å². The van der Waals surface area contributed by atoms with Gasteiger partial charge in [-0.25, -0.2) is 0 Å². The zero-order valence-electron chi connectivity index (χ0n) is 11.7. The standard InChI is InChI=1S/C16H20ClN3/c1-11-4-2-8-16(11,10-18)20-14-7-6-13(17)12-5-3-9-19-15(12)14/h3,5-7,9,11,20H,2,4,8,10,18H2,1H3. The van der Waals surface area contributed by atoms with Gasteiger partial charge in [0.25, 0.3) is 0 Å². The van der Waals surface area contributed by atoms with Crippen molar-refractivity contribution in [2.75, 3.05) is 11.9 Å². The fraction of sp³-hybridized carbons (Fsp3) is 0.438. The molecule has 106 valence electrons. The number of aromatic nitrogens is 1. The van der Waals surface area contributed by atoms with E-state index in [0.717, 1.165) is 28.0 Å². The molecule has 3 N–H and O–H groups in total. The molecule has 2 atom stereocenters. The molecule has 0 saturated heterocycles. The highest BCUT2D eigenvalue weighted by Gasteiger charge is 2.39. The first-order chi connectivity index (χ1) is 9.66. The Balaban J connectivity index is 2.05. The van der Waals surface area contributed by atoms with Gasteiger partial charge in [0.2, 0.25) is 0 Å². The van der Waals surface area contributed by atoms with Crippen LogP contribution in [0, 0.1) is 5.92 Å². The highest BCUT2D eigenvalue weighted by molar-refractivity contribution is 6.35. The van der Waals surface area contributed by atoms with Crippen molar-refractivity contribution in [1.29, 1.82) is 0 Å². The molecule has 4 heteroatoms. The van der Waals surface area contributed by atoms with Gasteiger partial charge < -0.3 is 11.1 Å². The van der Waals surface area contributed by atoms with E-state index in [0.29, 0.717) is 12.5 Å². The minimum Gasteiger partial charge on any atom is -0.376 e. The maximum atomic E-state index is 6.25. The molecule has 1 aromatic carbocycles. The molecular formula is C16H20ClN3. The summed E-state index contributed by atoms with van der Waals surface area (Å²) < 4.78 is 0. The number of benzene rings is 1. The molecule has 0 spiro atoms. The molecule has 1 heterocycles. The lowest BCUT2D eigenvalue weighted by atomic mass is 9.88. The summed E-state index contributed by atoms with van der Waals surface area (Å²) in [5, 5.41) is 5.40. The van der Waals surface area contributed by atoms with Crippen LogP contribution in [0.2, 0.25) is 5.02 Å². The predicted octanol–water partition coefficient (Wildman–Crippen LogP) is 3.82. The molecule has 20 heavy (non-hydrogen) atoms. The van der Waals surface area contributed by atoms with Gasteiger partial charge in [-0.3, -0.25) is 4.98 Å². The van der Waals surface area contributed by atoms with Crippen LogP contribution in [-0.2, 0) is 0 Å². The minimum atomic E-state index is -0.0156. The summed E-state index contributed by atoms with van der Waals surface area (Å²) in [5.41, 5.74) is 8.01. The molecule has 1 aliphatic rings. The second kappa shape index (κ2) is 5.23. The Morgan fingerprint density at radius 1 is 1.45 bits per heavy atom. The second-order valence-corrected chi connectivity index (χ2v) is 6.18. The van der Waals surface area contributed by atoms with Gasteiger partial charge in [-0.15, -0.1) is 0 Å². The molecule has 0 amide bonds. The Bertz CT molecular complexity index is 628. The van der Waals surface area contributed by atoms with E-state index in [1.54, 1.807) is 6.20 Å². The fourth-order valence-corrected chi connectivity index (χ4v) is 3.51. The zero-order chi connectivity index (χ0) is 14.2. The Hall–Kier alpha value is -1.32. The Morgan fingerprint density at radius 2 is 2.30 bits per heavy atom. The van der Waals surface area contributed by atoms with Crippen LogP contribution in [0.25, 0.3) is 10.9 Å². The molecule has 2 unspecified atom stereocenters. The summed E-state index contributed by atoms with van der Waals surface area (Å²) >= 11 is 6.25. The molecule has 1 aliphatic carbocycles. The van der Waals surface area contributed by atoms with E-state index in [1.165, 1.54) is 12.8 Å². The number of hydrogen-bond donors (Lipinski definition) is 2. The van der Waals surface area contributed by atoms with Crippen LogP contribution < -0.4 is 11.1 Å². The number of nitrogens with one attached hydrogen (secondary N) is 1. The van der Waals surface area contributed by atoms with E-state index in [-0.39, 0.29) is 5.54 Å². The number of nitrogens with zero attached hydrogens (tertiary/aromatic N) is 1. The van der Waals surface area contributed by atoms with Crippen molar-refractivity contribution in [3.63, 3.8) is 0 Å². The normalized spacial score (nSPS) is 26.1. The lowest BCUT2D eigenvalue weighted by molar-refractivity contribution is 0.382. The van der Waals surface area contributed by atoms with Crippen molar-refractivity contribution < 1.29 is 0 Å². The lowest BCUT2D eigenvalue weighted by Crippen LogP contribution is -2.47. The first-order valence-electron chi connectivity index (χ1n) is 7.18. The molecule has 0 radical (unpaired) electrons. The molecule has 1 saturated carbocycles. The number of fused-ring (bicyclic) bond motifs is 1. The maximum Gasteiger partial charge on any atom is 0.0948 e. The van der Waals surface area contributed by atoms with Crippen LogP contribution in [0.15, 0.2) is 30.5 Å².